The van der Waals surface area contributed by atoms with Crippen LogP contribution in [-0.4, -0.2) is 16.1 Å². The summed E-state index contributed by atoms with van der Waals surface area (Å²) >= 11 is 1.39. The Balaban J connectivity index is 1.71. The maximum atomic E-state index is 12.1. The standard InChI is InChI=1S/C14H14N4OS/c1-2-9-5-3-4-6-11(9)16-17-13(19)12-7-10-8-15-18-14(10)20-12/h3-8,16H,2H2,1H3,(H,15,18)(H,17,19). The molecule has 0 aliphatic heterocycles. The molecule has 0 saturated heterocycles. The van der Waals surface area contributed by atoms with Crippen molar-refractivity contribution in [3.8, 4) is 0 Å². The lowest BCUT2D eigenvalue weighted by Gasteiger charge is -2.11. The van der Waals surface area contributed by atoms with Gasteiger partial charge in [-0.05, 0) is 24.1 Å². The van der Waals surface area contributed by atoms with E-state index in [9.17, 15) is 4.79 Å². The van der Waals surface area contributed by atoms with Crippen LogP contribution < -0.4 is 10.9 Å². The molecule has 2 aromatic heterocycles. The zero-order valence-corrected chi connectivity index (χ0v) is 11.8. The van der Waals surface area contributed by atoms with Gasteiger partial charge < -0.3 is 0 Å². The van der Waals surface area contributed by atoms with E-state index >= 15 is 0 Å². The number of amides is 1. The summed E-state index contributed by atoms with van der Waals surface area (Å²) < 4.78 is 0. The first-order valence-corrected chi connectivity index (χ1v) is 7.16. The van der Waals surface area contributed by atoms with Crippen molar-refractivity contribution in [2.24, 2.45) is 0 Å². The van der Waals surface area contributed by atoms with Gasteiger partial charge in [-0.15, -0.1) is 11.3 Å². The number of fused-ring (bicyclic) bond motifs is 1. The smallest absolute Gasteiger partial charge is 0.279 e. The molecule has 1 aromatic carbocycles. The Morgan fingerprint density at radius 1 is 1.40 bits per heavy atom. The number of benzene rings is 1. The molecule has 5 nitrogen and oxygen atoms in total. The molecule has 0 bridgehead atoms. The van der Waals surface area contributed by atoms with Gasteiger partial charge in [0.25, 0.3) is 5.91 Å². The molecule has 0 aliphatic rings. The Kier molecular flexibility index (Phi) is 3.39. The lowest BCUT2D eigenvalue weighted by Crippen LogP contribution is -2.29. The van der Waals surface area contributed by atoms with Crippen molar-refractivity contribution in [2.45, 2.75) is 13.3 Å². The summed E-state index contributed by atoms with van der Waals surface area (Å²) in [5.74, 6) is -0.148. The van der Waals surface area contributed by atoms with Crippen LogP contribution in [0.5, 0.6) is 0 Å². The molecule has 3 N–H and O–H groups in total. The quantitative estimate of drug-likeness (QED) is 0.646. The summed E-state index contributed by atoms with van der Waals surface area (Å²) in [6, 6.07) is 9.73. The van der Waals surface area contributed by atoms with Crippen molar-refractivity contribution in [3.05, 3.63) is 47.0 Å². The first-order valence-electron chi connectivity index (χ1n) is 6.35. The first-order chi connectivity index (χ1) is 9.78. The number of carbonyl (C=O) groups excluding carboxylic acids is 1. The monoisotopic (exact) mass is 286 g/mol. The van der Waals surface area contributed by atoms with E-state index in [1.807, 2.05) is 30.3 Å². The minimum atomic E-state index is -0.148. The molecule has 102 valence electrons. The van der Waals surface area contributed by atoms with Crippen LogP contribution in [0.25, 0.3) is 10.2 Å². The largest absolute Gasteiger partial charge is 0.298 e. The maximum absolute atomic E-state index is 12.1. The molecule has 20 heavy (non-hydrogen) atoms. The summed E-state index contributed by atoms with van der Waals surface area (Å²) in [5.41, 5.74) is 7.79. The second-order valence-electron chi connectivity index (χ2n) is 4.35. The molecule has 1 amide bonds. The number of hydrogen-bond acceptors (Lipinski definition) is 4. The van der Waals surface area contributed by atoms with Gasteiger partial charge in [-0.2, -0.15) is 5.10 Å². The van der Waals surface area contributed by atoms with E-state index in [1.54, 1.807) is 6.20 Å². The van der Waals surface area contributed by atoms with Gasteiger partial charge in [-0.25, -0.2) is 0 Å². The molecule has 0 atom stereocenters. The van der Waals surface area contributed by atoms with Crippen molar-refractivity contribution in [3.63, 3.8) is 0 Å². The van der Waals surface area contributed by atoms with E-state index in [-0.39, 0.29) is 5.91 Å². The third-order valence-corrected chi connectivity index (χ3v) is 4.12. The van der Waals surface area contributed by atoms with E-state index in [1.165, 1.54) is 11.3 Å². The number of aromatic amines is 1. The molecule has 0 spiro atoms. The molecule has 2 heterocycles. The molecular formula is C14H14N4OS. The zero-order valence-electron chi connectivity index (χ0n) is 10.9. The summed E-state index contributed by atoms with van der Waals surface area (Å²) in [6.07, 6.45) is 2.62. The Morgan fingerprint density at radius 2 is 2.25 bits per heavy atom. The molecule has 3 aromatic rings. The second-order valence-corrected chi connectivity index (χ2v) is 5.41. The van der Waals surface area contributed by atoms with Crippen molar-refractivity contribution in [1.82, 2.24) is 15.6 Å². The van der Waals surface area contributed by atoms with Gasteiger partial charge in [0.2, 0.25) is 0 Å². The molecule has 0 fully saturated rings. The van der Waals surface area contributed by atoms with Gasteiger partial charge in [0.15, 0.2) is 0 Å². The zero-order chi connectivity index (χ0) is 13.9. The van der Waals surface area contributed by atoms with E-state index in [0.717, 1.165) is 27.9 Å². The van der Waals surface area contributed by atoms with Gasteiger partial charge in [0.05, 0.1) is 16.8 Å². The van der Waals surface area contributed by atoms with Crippen LogP contribution in [0.2, 0.25) is 0 Å². The minimum Gasteiger partial charge on any atom is -0.298 e. The lowest BCUT2D eigenvalue weighted by atomic mass is 10.1. The Morgan fingerprint density at radius 3 is 3.05 bits per heavy atom. The highest BCUT2D eigenvalue weighted by atomic mass is 32.1. The number of hydrazine groups is 1. The molecule has 0 unspecified atom stereocenters. The fourth-order valence-corrected chi connectivity index (χ4v) is 2.87. The summed E-state index contributed by atoms with van der Waals surface area (Å²) in [7, 11) is 0. The fraction of sp³-hybridized carbons (Fsp3) is 0.143. The van der Waals surface area contributed by atoms with E-state index in [2.05, 4.69) is 28.0 Å². The first kappa shape index (κ1) is 12.7. The van der Waals surface area contributed by atoms with Gasteiger partial charge in [0, 0.05) is 5.39 Å². The predicted octanol–water partition coefficient (Wildman–Crippen LogP) is 2.94. The highest BCUT2D eigenvalue weighted by Gasteiger charge is 2.11. The van der Waals surface area contributed by atoms with Gasteiger partial charge >= 0.3 is 0 Å². The number of anilines is 1. The van der Waals surface area contributed by atoms with Crippen LogP contribution in [0.15, 0.2) is 36.5 Å². The van der Waals surface area contributed by atoms with Crippen LogP contribution in [0, 0.1) is 0 Å². The SMILES string of the molecule is CCc1ccccc1NNC(=O)c1cc2cn[nH]c2s1. The van der Waals surface area contributed by atoms with Crippen molar-refractivity contribution >= 4 is 33.1 Å². The topological polar surface area (TPSA) is 69.8 Å². The highest BCUT2D eigenvalue weighted by molar-refractivity contribution is 7.20. The number of H-pyrrole nitrogens is 1. The molecule has 0 radical (unpaired) electrons. The van der Waals surface area contributed by atoms with Crippen LogP contribution in [-0.2, 0) is 6.42 Å². The number of thiophene rings is 1. The van der Waals surface area contributed by atoms with E-state index in [4.69, 9.17) is 0 Å². The minimum absolute atomic E-state index is 0.148. The molecular weight excluding hydrogens is 272 g/mol. The number of aromatic nitrogens is 2. The van der Waals surface area contributed by atoms with Crippen LogP contribution in [0.4, 0.5) is 5.69 Å². The normalized spacial score (nSPS) is 10.7. The Bertz CT molecular complexity index is 718. The summed E-state index contributed by atoms with van der Waals surface area (Å²) in [6.45, 7) is 2.08. The van der Waals surface area contributed by atoms with Crippen molar-refractivity contribution in [2.75, 3.05) is 5.43 Å². The number of para-hydroxylation sites is 1. The number of aryl methyl sites for hydroxylation is 1. The van der Waals surface area contributed by atoms with Gasteiger partial charge in [-0.3, -0.25) is 20.7 Å². The fourth-order valence-electron chi connectivity index (χ4n) is 2.00. The van der Waals surface area contributed by atoms with Crippen molar-refractivity contribution < 1.29 is 4.79 Å². The van der Waals surface area contributed by atoms with E-state index in [0.29, 0.717) is 4.88 Å². The summed E-state index contributed by atoms with van der Waals surface area (Å²) in [4.78, 5) is 13.6. The summed E-state index contributed by atoms with van der Waals surface area (Å²) in [5, 5.41) is 7.72. The van der Waals surface area contributed by atoms with E-state index < -0.39 is 0 Å². The Hall–Kier alpha value is -2.34. The lowest BCUT2D eigenvalue weighted by molar-refractivity contribution is 0.0966. The Labute approximate surface area is 120 Å². The predicted molar refractivity (Wildman–Crippen MR) is 80.9 cm³/mol. The second kappa shape index (κ2) is 5.34. The van der Waals surface area contributed by atoms with Crippen molar-refractivity contribution in [1.29, 1.82) is 0 Å². The molecule has 0 saturated carbocycles. The number of nitrogens with zero attached hydrogens (tertiary/aromatic N) is 1. The van der Waals surface area contributed by atoms with Crippen LogP contribution >= 0.6 is 11.3 Å². The van der Waals surface area contributed by atoms with Crippen LogP contribution in [0.3, 0.4) is 0 Å². The average Bonchev–Trinajstić information content (AvgIpc) is 3.06. The third-order valence-electron chi connectivity index (χ3n) is 3.06. The number of nitrogens with one attached hydrogen (secondary N) is 3. The average molecular weight is 286 g/mol. The third kappa shape index (κ3) is 2.37. The molecule has 6 heteroatoms. The number of hydrogen-bond donors (Lipinski definition) is 3. The van der Waals surface area contributed by atoms with Gasteiger partial charge in [-0.1, -0.05) is 25.1 Å². The number of carbonyl (C=O) groups is 1. The number of rotatable bonds is 4. The highest BCUT2D eigenvalue weighted by Crippen LogP contribution is 2.23. The molecule has 3 rings (SSSR count). The molecule has 0 aliphatic carbocycles. The van der Waals surface area contributed by atoms with Crippen LogP contribution in [0.1, 0.15) is 22.2 Å². The maximum Gasteiger partial charge on any atom is 0.279 e. The van der Waals surface area contributed by atoms with Gasteiger partial charge in [0.1, 0.15) is 4.83 Å².